The molecular formula is C22H24N2O3S2. The van der Waals surface area contributed by atoms with E-state index in [0.29, 0.717) is 6.54 Å². The van der Waals surface area contributed by atoms with Crippen molar-refractivity contribution in [2.24, 2.45) is 0 Å². The van der Waals surface area contributed by atoms with E-state index in [1.807, 2.05) is 54.8 Å². The number of benzene rings is 2. The maximum absolute atomic E-state index is 12.2. The Bertz CT molecular complexity index is 933. The van der Waals surface area contributed by atoms with Gasteiger partial charge in [0.05, 0.1) is 26.3 Å². The van der Waals surface area contributed by atoms with Crippen molar-refractivity contribution in [2.75, 3.05) is 14.2 Å². The number of nitrogens with one attached hydrogen (secondary N) is 1. The molecule has 0 aliphatic carbocycles. The average molecular weight is 429 g/mol. The Morgan fingerprint density at radius 2 is 1.76 bits per heavy atom. The third-order valence-electron chi connectivity index (χ3n) is 4.26. The van der Waals surface area contributed by atoms with Gasteiger partial charge in [0.1, 0.15) is 15.8 Å². The summed E-state index contributed by atoms with van der Waals surface area (Å²) in [6.07, 6.45) is 0.288. The maximum atomic E-state index is 12.2. The van der Waals surface area contributed by atoms with E-state index in [1.54, 1.807) is 37.3 Å². The van der Waals surface area contributed by atoms with E-state index in [1.165, 1.54) is 5.56 Å². The summed E-state index contributed by atoms with van der Waals surface area (Å²) in [6, 6.07) is 14.0. The lowest BCUT2D eigenvalue weighted by Crippen LogP contribution is -2.24. The number of thioether (sulfide) groups is 1. The van der Waals surface area contributed by atoms with Crippen LogP contribution in [0.2, 0.25) is 0 Å². The van der Waals surface area contributed by atoms with Crippen LogP contribution < -0.4 is 14.8 Å². The van der Waals surface area contributed by atoms with Gasteiger partial charge in [-0.3, -0.25) is 4.79 Å². The van der Waals surface area contributed by atoms with Gasteiger partial charge in [-0.15, -0.1) is 11.3 Å². The summed E-state index contributed by atoms with van der Waals surface area (Å²) in [6.45, 7) is 2.58. The number of ether oxygens (including phenoxy) is 2. The molecule has 3 aromatic rings. The van der Waals surface area contributed by atoms with Crippen molar-refractivity contribution < 1.29 is 14.3 Å². The number of rotatable bonds is 9. The molecule has 3 rings (SSSR count). The van der Waals surface area contributed by atoms with Crippen LogP contribution in [-0.4, -0.2) is 25.1 Å². The monoisotopic (exact) mass is 428 g/mol. The minimum atomic E-state index is -0.0232. The van der Waals surface area contributed by atoms with E-state index in [4.69, 9.17) is 9.47 Å². The molecule has 0 saturated carbocycles. The number of amides is 1. The highest BCUT2D eigenvalue weighted by atomic mass is 32.2. The SMILES string of the molecule is COc1cc(CSc2nc(CC(=O)NCc3ccc(C)cc3)cs2)cc(OC)c1. The predicted molar refractivity (Wildman–Crippen MR) is 118 cm³/mol. The molecule has 0 saturated heterocycles. The van der Waals surface area contributed by atoms with Gasteiger partial charge in [0, 0.05) is 23.7 Å². The molecule has 7 heteroatoms. The number of methoxy groups -OCH3 is 2. The first-order chi connectivity index (χ1) is 14.1. The lowest BCUT2D eigenvalue weighted by molar-refractivity contribution is -0.120. The molecule has 5 nitrogen and oxygen atoms in total. The normalized spacial score (nSPS) is 10.6. The van der Waals surface area contributed by atoms with Crippen LogP contribution in [0.4, 0.5) is 0 Å². The standard InChI is InChI=1S/C22H24N2O3S2/c1-15-4-6-16(7-5-15)12-23-21(25)10-18-14-29-22(24-18)28-13-17-8-19(26-2)11-20(9-17)27-3/h4-9,11,14H,10,12-13H2,1-3H3,(H,23,25). The molecule has 1 heterocycles. The van der Waals surface area contributed by atoms with E-state index < -0.39 is 0 Å². The van der Waals surface area contributed by atoms with Crippen LogP contribution >= 0.6 is 23.1 Å². The summed E-state index contributed by atoms with van der Waals surface area (Å²) >= 11 is 3.19. The van der Waals surface area contributed by atoms with Crippen LogP contribution in [-0.2, 0) is 23.5 Å². The number of carbonyl (C=O) groups is 1. The molecule has 29 heavy (non-hydrogen) atoms. The van der Waals surface area contributed by atoms with Crippen molar-refractivity contribution in [2.45, 2.75) is 30.0 Å². The first-order valence-corrected chi connectivity index (χ1v) is 11.0. The van der Waals surface area contributed by atoms with Gasteiger partial charge < -0.3 is 14.8 Å². The van der Waals surface area contributed by atoms with Gasteiger partial charge in [0.15, 0.2) is 0 Å². The topological polar surface area (TPSA) is 60.5 Å². The lowest BCUT2D eigenvalue weighted by Gasteiger charge is -2.07. The Morgan fingerprint density at radius 3 is 2.41 bits per heavy atom. The molecule has 0 radical (unpaired) electrons. The molecule has 0 atom stereocenters. The highest BCUT2D eigenvalue weighted by Gasteiger charge is 2.09. The molecule has 0 spiro atoms. The highest BCUT2D eigenvalue weighted by molar-refractivity contribution is 8.00. The Hall–Kier alpha value is -2.51. The number of carbonyl (C=O) groups excluding carboxylic acids is 1. The summed E-state index contributed by atoms with van der Waals surface area (Å²) < 4.78 is 11.6. The average Bonchev–Trinajstić information content (AvgIpc) is 3.18. The fraction of sp³-hybridized carbons (Fsp3) is 0.273. The van der Waals surface area contributed by atoms with Crippen molar-refractivity contribution in [3.05, 3.63) is 70.2 Å². The van der Waals surface area contributed by atoms with Crippen molar-refractivity contribution in [1.82, 2.24) is 10.3 Å². The fourth-order valence-corrected chi connectivity index (χ4v) is 4.44. The quantitative estimate of drug-likeness (QED) is 0.504. The Kier molecular flexibility index (Phi) is 7.55. The van der Waals surface area contributed by atoms with Crippen LogP contribution in [0, 0.1) is 6.92 Å². The highest BCUT2D eigenvalue weighted by Crippen LogP contribution is 2.30. The second-order valence-electron chi connectivity index (χ2n) is 6.55. The van der Waals surface area contributed by atoms with E-state index in [0.717, 1.165) is 38.4 Å². The van der Waals surface area contributed by atoms with Crippen LogP contribution in [0.1, 0.15) is 22.4 Å². The van der Waals surface area contributed by atoms with E-state index in [9.17, 15) is 4.79 Å². The van der Waals surface area contributed by atoms with Crippen LogP contribution in [0.3, 0.4) is 0 Å². The Morgan fingerprint density at radius 1 is 1.07 bits per heavy atom. The molecule has 0 unspecified atom stereocenters. The molecule has 0 fully saturated rings. The molecule has 0 aliphatic heterocycles. The van der Waals surface area contributed by atoms with Gasteiger partial charge >= 0.3 is 0 Å². The Balaban J connectivity index is 1.50. The zero-order valence-corrected chi connectivity index (χ0v) is 18.4. The molecule has 1 aromatic heterocycles. The van der Waals surface area contributed by atoms with Gasteiger partial charge in [-0.1, -0.05) is 41.6 Å². The molecule has 1 amide bonds. The summed E-state index contributed by atoms with van der Waals surface area (Å²) in [5.41, 5.74) is 4.19. The fourth-order valence-electron chi connectivity index (χ4n) is 2.66. The van der Waals surface area contributed by atoms with Crippen molar-refractivity contribution in [1.29, 1.82) is 0 Å². The largest absolute Gasteiger partial charge is 0.497 e. The van der Waals surface area contributed by atoms with Crippen molar-refractivity contribution in [3.63, 3.8) is 0 Å². The number of aromatic nitrogens is 1. The first-order valence-electron chi connectivity index (χ1n) is 9.17. The van der Waals surface area contributed by atoms with E-state index >= 15 is 0 Å². The maximum Gasteiger partial charge on any atom is 0.226 e. The van der Waals surface area contributed by atoms with Crippen LogP contribution in [0.25, 0.3) is 0 Å². The lowest BCUT2D eigenvalue weighted by atomic mass is 10.1. The number of aryl methyl sites for hydroxylation is 1. The molecular weight excluding hydrogens is 404 g/mol. The number of nitrogens with zero attached hydrogens (tertiary/aromatic N) is 1. The minimum Gasteiger partial charge on any atom is -0.497 e. The van der Waals surface area contributed by atoms with Crippen LogP contribution in [0.15, 0.2) is 52.2 Å². The molecule has 2 aromatic carbocycles. The predicted octanol–water partition coefficient (Wildman–Crippen LogP) is 4.62. The van der Waals surface area contributed by atoms with Gasteiger partial charge in [0.2, 0.25) is 5.91 Å². The number of hydrogen-bond acceptors (Lipinski definition) is 6. The summed E-state index contributed by atoms with van der Waals surface area (Å²) in [5, 5.41) is 4.89. The van der Waals surface area contributed by atoms with Gasteiger partial charge in [-0.25, -0.2) is 4.98 Å². The zero-order valence-electron chi connectivity index (χ0n) is 16.7. The minimum absolute atomic E-state index is 0.0232. The van der Waals surface area contributed by atoms with Crippen LogP contribution in [0.5, 0.6) is 11.5 Å². The van der Waals surface area contributed by atoms with Gasteiger partial charge in [-0.05, 0) is 30.2 Å². The molecule has 152 valence electrons. The molecule has 0 aliphatic rings. The first kappa shape index (κ1) is 21.2. The number of hydrogen-bond donors (Lipinski definition) is 1. The zero-order chi connectivity index (χ0) is 20.6. The summed E-state index contributed by atoms with van der Waals surface area (Å²) in [5.74, 6) is 2.26. The second-order valence-corrected chi connectivity index (χ2v) is 8.63. The Labute approximate surface area is 179 Å². The second kappa shape index (κ2) is 10.3. The van der Waals surface area contributed by atoms with E-state index in [-0.39, 0.29) is 12.3 Å². The number of thiazole rings is 1. The summed E-state index contributed by atoms with van der Waals surface area (Å²) in [4.78, 5) is 16.8. The van der Waals surface area contributed by atoms with Crippen molar-refractivity contribution in [3.8, 4) is 11.5 Å². The van der Waals surface area contributed by atoms with Gasteiger partial charge in [0.25, 0.3) is 0 Å². The molecule has 1 N–H and O–H groups in total. The smallest absolute Gasteiger partial charge is 0.226 e. The van der Waals surface area contributed by atoms with Crippen molar-refractivity contribution >= 4 is 29.0 Å². The van der Waals surface area contributed by atoms with Gasteiger partial charge in [-0.2, -0.15) is 0 Å². The summed E-state index contributed by atoms with van der Waals surface area (Å²) in [7, 11) is 3.28. The third-order valence-corrected chi connectivity index (χ3v) is 6.40. The van der Waals surface area contributed by atoms with E-state index in [2.05, 4.69) is 10.3 Å². The third kappa shape index (κ3) is 6.51. The molecule has 0 bridgehead atoms.